The predicted octanol–water partition coefficient (Wildman–Crippen LogP) is 0.303. The van der Waals surface area contributed by atoms with E-state index >= 15 is 0 Å². The fourth-order valence-corrected chi connectivity index (χ4v) is 1.12. The third-order valence-electron chi connectivity index (χ3n) is 1.39. The summed E-state index contributed by atoms with van der Waals surface area (Å²) in [5.74, 6) is 0.558. The van der Waals surface area contributed by atoms with Crippen LogP contribution in [0.5, 0.6) is 0 Å². The molecule has 0 atom stereocenters. The minimum Gasteiger partial charge on any atom is -0.376 e. The van der Waals surface area contributed by atoms with Crippen LogP contribution in [0.4, 0.5) is 0 Å². The van der Waals surface area contributed by atoms with Crippen molar-refractivity contribution in [3.63, 3.8) is 0 Å². The smallest absolute Gasteiger partial charge is 0.171 e. The Labute approximate surface area is 59.3 Å². The molecule has 0 aromatic carbocycles. The standard InChI is InChI=1S/C5H9N3S/c6-4-2-1-3-8(4)5(7)9/h6H,1-3H2,(H2,7,9). The summed E-state index contributed by atoms with van der Waals surface area (Å²) in [6.07, 6.45) is 1.83. The van der Waals surface area contributed by atoms with Crippen molar-refractivity contribution in [3.05, 3.63) is 0 Å². The lowest BCUT2D eigenvalue weighted by molar-refractivity contribution is 0.657. The van der Waals surface area contributed by atoms with E-state index < -0.39 is 0 Å². The Morgan fingerprint density at radius 2 is 2.44 bits per heavy atom. The first-order chi connectivity index (χ1) is 4.22. The van der Waals surface area contributed by atoms with Crippen molar-refractivity contribution >= 4 is 23.2 Å². The minimum atomic E-state index is 0.331. The maximum absolute atomic E-state index is 7.29. The molecule has 3 N–H and O–H groups in total. The lowest BCUT2D eigenvalue weighted by atomic mass is 10.4. The summed E-state index contributed by atoms with van der Waals surface area (Å²) in [4.78, 5) is 1.66. The second-order valence-electron chi connectivity index (χ2n) is 2.04. The molecule has 1 fully saturated rings. The molecule has 1 aliphatic heterocycles. The SMILES string of the molecule is N=C1CCCN1C(N)=S. The molecule has 1 heterocycles. The van der Waals surface area contributed by atoms with Gasteiger partial charge in [-0.3, -0.25) is 5.41 Å². The van der Waals surface area contributed by atoms with Gasteiger partial charge in [0.15, 0.2) is 5.11 Å². The van der Waals surface area contributed by atoms with Crippen LogP contribution in [0.2, 0.25) is 0 Å². The summed E-state index contributed by atoms with van der Waals surface area (Å²) in [6, 6.07) is 0. The van der Waals surface area contributed by atoms with E-state index in [-0.39, 0.29) is 0 Å². The molecular formula is C5H9N3S. The molecule has 0 bridgehead atoms. The third-order valence-corrected chi connectivity index (χ3v) is 1.61. The average molecular weight is 143 g/mol. The van der Waals surface area contributed by atoms with Gasteiger partial charge in [-0.15, -0.1) is 0 Å². The summed E-state index contributed by atoms with van der Waals surface area (Å²) in [6.45, 7) is 0.828. The first kappa shape index (κ1) is 6.48. The zero-order valence-corrected chi connectivity index (χ0v) is 5.87. The van der Waals surface area contributed by atoms with E-state index in [0.29, 0.717) is 10.9 Å². The summed E-state index contributed by atoms with van der Waals surface area (Å²) in [5.41, 5.74) is 5.30. The Morgan fingerprint density at radius 3 is 2.67 bits per heavy atom. The van der Waals surface area contributed by atoms with E-state index in [0.717, 1.165) is 19.4 Å². The van der Waals surface area contributed by atoms with Crippen LogP contribution in [-0.2, 0) is 0 Å². The van der Waals surface area contributed by atoms with Gasteiger partial charge in [0, 0.05) is 13.0 Å². The number of likely N-dealkylation sites (tertiary alicyclic amines) is 1. The van der Waals surface area contributed by atoms with Gasteiger partial charge in [-0.2, -0.15) is 0 Å². The number of nitrogens with one attached hydrogen (secondary N) is 1. The number of thiocarbonyl (C=S) groups is 1. The van der Waals surface area contributed by atoms with Gasteiger partial charge in [-0.1, -0.05) is 0 Å². The highest BCUT2D eigenvalue weighted by molar-refractivity contribution is 7.80. The first-order valence-electron chi connectivity index (χ1n) is 2.86. The molecule has 0 saturated carbocycles. The summed E-state index contributed by atoms with van der Waals surface area (Å²) >= 11 is 4.70. The fraction of sp³-hybridized carbons (Fsp3) is 0.600. The molecule has 0 aromatic heterocycles. The number of hydrogen-bond acceptors (Lipinski definition) is 2. The molecule has 50 valence electrons. The number of amidine groups is 1. The molecule has 0 aromatic rings. The van der Waals surface area contributed by atoms with Crippen molar-refractivity contribution < 1.29 is 0 Å². The fourth-order valence-electron chi connectivity index (χ4n) is 0.918. The van der Waals surface area contributed by atoms with Crippen LogP contribution < -0.4 is 5.73 Å². The Hall–Kier alpha value is -0.640. The molecular weight excluding hydrogens is 134 g/mol. The minimum absolute atomic E-state index is 0.331. The zero-order valence-electron chi connectivity index (χ0n) is 5.05. The number of nitrogens with two attached hydrogens (primary N) is 1. The van der Waals surface area contributed by atoms with Gasteiger partial charge in [0.25, 0.3) is 0 Å². The summed E-state index contributed by atoms with van der Waals surface area (Å²) in [7, 11) is 0. The first-order valence-corrected chi connectivity index (χ1v) is 3.27. The molecule has 4 heteroatoms. The van der Waals surface area contributed by atoms with Gasteiger partial charge >= 0.3 is 0 Å². The lowest BCUT2D eigenvalue weighted by Gasteiger charge is -2.13. The van der Waals surface area contributed by atoms with Crippen LogP contribution in [-0.4, -0.2) is 22.4 Å². The molecule has 0 unspecified atom stereocenters. The number of hydrogen-bond donors (Lipinski definition) is 2. The number of nitrogens with zero attached hydrogens (tertiary/aromatic N) is 1. The summed E-state index contributed by atoms with van der Waals surface area (Å²) < 4.78 is 0. The monoisotopic (exact) mass is 143 g/mol. The Bertz CT molecular complexity index is 154. The Kier molecular flexibility index (Phi) is 1.66. The molecule has 0 spiro atoms. The summed E-state index contributed by atoms with van der Waals surface area (Å²) in [5, 5.41) is 7.63. The van der Waals surface area contributed by atoms with E-state index in [9.17, 15) is 0 Å². The quantitative estimate of drug-likeness (QED) is 0.480. The topological polar surface area (TPSA) is 53.1 Å². The van der Waals surface area contributed by atoms with Gasteiger partial charge in [0.2, 0.25) is 0 Å². The average Bonchev–Trinajstić information content (AvgIpc) is 2.13. The van der Waals surface area contributed by atoms with Crippen LogP contribution in [0, 0.1) is 5.41 Å². The number of rotatable bonds is 0. The second-order valence-corrected chi connectivity index (χ2v) is 2.46. The van der Waals surface area contributed by atoms with Crippen LogP contribution in [0.15, 0.2) is 0 Å². The van der Waals surface area contributed by atoms with Crippen molar-refractivity contribution in [2.24, 2.45) is 5.73 Å². The largest absolute Gasteiger partial charge is 0.376 e. The molecule has 0 aliphatic carbocycles. The van der Waals surface area contributed by atoms with Crippen molar-refractivity contribution in [1.82, 2.24) is 4.90 Å². The molecule has 0 radical (unpaired) electrons. The second kappa shape index (κ2) is 2.31. The van der Waals surface area contributed by atoms with E-state index in [1.54, 1.807) is 4.90 Å². The van der Waals surface area contributed by atoms with Crippen molar-refractivity contribution in [1.29, 1.82) is 5.41 Å². The predicted molar refractivity (Wildman–Crippen MR) is 40.5 cm³/mol. The molecule has 1 rings (SSSR count). The highest BCUT2D eigenvalue weighted by atomic mass is 32.1. The van der Waals surface area contributed by atoms with Crippen molar-refractivity contribution in [2.75, 3.05) is 6.54 Å². The van der Waals surface area contributed by atoms with E-state index in [2.05, 4.69) is 0 Å². The highest BCUT2D eigenvalue weighted by Crippen LogP contribution is 2.08. The Morgan fingerprint density at radius 1 is 1.78 bits per heavy atom. The molecule has 3 nitrogen and oxygen atoms in total. The molecule has 0 amide bonds. The van der Waals surface area contributed by atoms with Gasteiger partial charge < -0.3 is 10.6 Å². The third kappa shape index (κ3) is 1.18. The maximum Gasteiger partial charge on any atom is 0.171 e. The van der Waals surface area contributed by atoms with Gasteiger partial charge in [0.1, 0.15) is 5.84 Å². The molecule has 1 saturated heterocycles. The highest BCUT2D eigenvalue weighted by Gasteiger charge is 2.17. The van der Waals surface area contributed by atoms with Crippen LogP contribution in [0.3, 0.4) is 0 Å². The molecule has 1 aliphatic rings. The zero-order chi connectivity index (χ0) is 6.85. The van der Waals surface area contributed by atoms with Gasteiger partial charge in [-0.05, 0) is 18.6 Å². The van der Waals surface area contributed by atoms with E-state index in [4.69, 9.17) is 23.4 Å². The van der Waals surface area contributed by atoms with Crippen LogP contribution in [0.25, 0.3) is 0 Å². The maximum atomic E-state index is 7.29. The Balaban J connectivity index is 2.60. The van der Waals surface area contributed by atoms with Crippen molar-refractivity contribution in [2.45, 2.75) is 12.8 Å². The van der Waals surface area contributed by atoms with Crippen LogP contribution in [0.1, 0.15) is 12.8 Å². The van der Waals surface area contributed by atoms with Crippen LogP contribution >= 0.6 is 12.2 Å². The molecule has 9 heavy (non-hydrogen) atoms. The van der Waals surface area contributed by atoms with Gasteiger partial charge in [0.05, 0.1) is 0 Å². The van der Waals surface area contributed by atoms with Gasteiger partial charge in [-0.25, -0.2) is 0 Å². The van der Waals surface area contributed by atoms with E-state index in [1.807, 2.05) is 0 Å². The van der Waals surface area contributed by atoms with E-state index in [1.165, 1.54) is 0 Å². The lowest BCUT2D eigenvalue weighted by Crippen LogP contribution is -2.35. The normalized spacial score (nSPS) is 18.7. The van der Waals surface area contributed by atoms with Crippen molar-refractivity contribution in [3.8, 4) is 0 Å².